The molecule has 0 saturated carbocycles. The number of nitrogens with zero attached hydrogens (tertiary/aromatic N) is 5. The van der Waals surface area contributed by atoms with Gasteiger partial charge in [0.1, 0.15) is 16.7 Å². The minimum absolute atomic E-state index is 0.0226. The van der Waals surface area contributed by atoms with E-state index < -0.39 is 37.4 Å². The Morgan fingerprint density at radius 3 is 2.47 bits per heavy atom. The number of carboxylic acid groups (broad SMARTS) is 1. The third-order valence-electron chi connectivity index (χ3n) is 6.12. The van der Waals surface area contributed by atoms with Gasteiger partial charge in [0.2, 0.25) is 11.2 Å². The molecule has 2 aromatic rings. The standard InChI is InChI=1S/C19H25Cl2F2N5O3Si/c1-19(2,3)32(4,5)31-9-10-8-27(18(29)30)6-7-28(10)16-11-13(24-17(21)26-16)12(22)14(20)25-15(11)23/h10H,6-9H2,1-5H3,(H,29,30)/t10-/m1/s1. The largest absolute Gasteiger partial charge is 0.465 e. The summed E-state index contributed by atoms with van der Waals surface area (Å²) in [5.74, 6) is -2.02. The first-order valence-corrected chi connectivity index (χ1v) is 13.7. The first-order chi connectivity index (χ1) is 14.7. The maximum absolute atomic E-state index is 14.8. The van der Waals surface area contributed by atoms with E-state index in [2.05, 4.69) is 48.8 Å². The molecule has 0 aromatic carbocycles. The highest BCUT2D eigenvalue weighted by atomic mass is 35.5. The number of piperazine rings is 1. The van der Waals surface area contributed by atoms with Crippen molar-refractivity contribution in [3.8, 4) is 0 Å². The Morgan fingerprint density at radius 2 is 1.88 bits per heavy atom. The van der Waals surface area contributed by atoms with E-state index in [1.165, 1.54) is 4.90 Å². The lowest BCUT2D eigenvalue weighted by Gasteiger charge is -2.44. The molecule has 13 heteroatoms. The second-order valence-electron chi connectivity index (χ2n) is 9.19. The van der Waals surface area contributed by atoms with Crippen LogP contribution in [-0.4, -0.2) is 71.7 Å². The van der Waals surface area contributed by atoms with Crippen molar-refractivity contribution in [1.82, 2.24) is 19.9 Å². The summed E-state index contributed by atoms with van der Waals surface area (Å²) in [6.45, 7) is 11.0. The van der Waals surface area contributed by atoms with Gasteiger partial charge in [0.05, 0.1) is 12.6 Å². The summed E-state index contributed by atoms with van der Waals surface area (Å²) >= 11 is 11.7. The minimum atomic E-state index is -2.18. The predicted molar refractivity (Wildman–Crippen MR) is 121 cm³/mol. The molecule has 0 unspecified atom stereocenters. The van der Waals surface area contributed by atoms with Gasteiger partial charge in [-0.25, -0.2) is 19.2 Å². The zero-order valence-electron chi connectivity index (χ0n) is 18.4. The molecule has 32 heavy (non-hydrogen) atoms. The van der Waals surface area contributed by atoms with Crippen molar-refractivity contribution >= 4 is 54.3 Å². The van der Waals surface area contributed by atoms with Gasteiger partial charge in [0, 0.05) is 19.6 Å². The monoisotopic (exact) mass is 507 g/mol. The smallest absolute Gasteiger partial charge is 0.407 e. The summed E-state index contributed by atoms with van der Waals surface area (Å²) < 4.78 is 35.7. The SMILES string of the molecule is CC(C)(C)[Si](C)(C)OC[C@H]1CN(C(=O)O)CCN1c1nc(Cl)nc2c(F)c(Cl)nc(F)c12. The second-order valence-corrected chi connectivity index (χ2v) is 14.7. The summed E-state index contributed by atoms with van der Waals surface area (Å²) in [7, 11) is -2.18. The number of aromatic nitrogens is 3. The van der Waals surface area contributed by atoms with E-state index >= 15 is 0 Å². The van der Waals surface area contributed by atoms with Crippen molar-refractivity contribution in [1.29, 1.82) is 0 Å². The molecule has 8 nitrogen and oxygen atoms in total. The Morgan fingerprint density at radius 1 is 1.22 bits per heavy atom. The maximum atomic E-state index is 14.8. The fourth-order valence-electron chi connectivity index (χ4n) is 3.24. The van der Waals surface area contributed by atoms with Crippen LogP contribution in [0.25, 0.3) is 10.9 Å². The van der Waals surface area contributed by atoms with E-state index in [4.69, 9.17) is 27.6 Å². The zero-order chi connectivity index (χ0) is 24.0. The van der Waals surface area contributed by atoms with Gasteiger partial charge in [-0.05, 0) is 29.7 Å². The molecule has 0 bridgehead atoms. The predicted octanol–water partition coefficient (Wildman–Crippen LogP) is 4.80. The summed E-state index contributed by atoms with van der Waals surface area (Å²) in [6.07, 6.45) is -1.07. The van der Waals surface area contributed by atoms with Gasteiger partial charge >= 0.3 is 6.09 Å². The third-order valence-corrected chi connectivity index (χ3v) is 11.0. The molecule has 1 atom stereocenters. The van der Waals surface area contributed by atoms with Gasteiger partial charge in [0.15, 0.2) is 19.3 Å². The number of halogens is 4. The van der Waals surface area contributed by atoms with Gasteiger partial charge in [-0.15, -0.1) is 0 Å². The molecule has 1 saturated heterocycles. The molecule has 0 aliphatic carbocycles. The number of pyridine rings is 1. The Kier molecular flexibility index (Phi) is 6.86. The van der Waals surface area contributed by atoms with E-state index in [1.807, 2.05) is 0 Å². The Balaban J connectivity index is 2.07. The van der Waals surface area contributed by atoms with Gasteiger partial charge in [-0.1, -0.05) is 32.4 Å². The van der Waals surface area contributed by atoms with Crippen LogP contribution < -0.4 is 4.90 Å². The number of amides is 1. The highest BCUT2D eigenvalue weighted by molar-refractivity contribution is 6.74. The Labute approximate surface area is 195 Å². The van der Waals surface area contributed by atoms with Crippen LogP contribution in [0.2, 0.25) is 28.6 Å². The number of hydrogen-bond donors (Lipinski definition) is 1. The van der Waals surface area contributed by atoms with Gasteiger partial charge in [-0.3, -0.25) is 0 Å². The van der Waals surface area contributed by atoms with Crippen molar-refractivity contribution in [3.63, 3.8) is 0 Å². The number of carbonyl (C=O) groups is 1. The lowest BCUT2D eigenvalue weighted by molar-refractivity contribution is 0.125. The molecule has 176 valence electrons. The fraction of sp³-hybridized carbons (Fsp3) is 0.579. The molecular formula is C19H25Cl2F2N5O3Si. The molecule has 2 aromatic heterocycles. The molecule has 1 fully saturated rings. The van der Waals surface area contributed by atoms with Crippen molar-refractivity contribution < 1.29 is 23.1 Å². The zero-order valence-corrected chi connectivity index (χ0v) is 20.9. The molecule has 0 spiro atoms. The highest BCUT2D eigenvalue weighted by Crippen LogP contribution is 2.38. The van der Waals surface area contributed by atoms with Gasteiger partial charge < -0.3 is 19.3 Å². The van der Waals surface area contributed by atoms with Crippen LogP contribution >= 0.6 is 23.2 Å². The third kappa shape index (κ3) is 4.75. The van der Waals surface area contributed by atoms with Crippen LogP contribution in [0, 0.1) is 11.8 Å². The van der Waals surface area contributed by atoms with Crippen LogP contribution in [-0.2, 0) is 4.43 Å². The summed E-state index contributed by atoms with van der Waals surface area (Å²) in [5.41, 5.74) is -0.387. The minimum Gasteiger partial charge on any atom is -0.465 e. The van der Waals surface area contributed by atoms with Crippen LogP contribution in [0.15, 0.2) is 0 Å². The maximum Gasteiger partial charge on any atom is 0.407 e. The van der Waals surface area contributed by atoms with Crippen molar-refractivity contribution in [2.75, 3.05) is 31.1 Å². The van der Waals surface area contributed by atoms with E-state index in [9.17, 15) is 18.7 Å². The molecular weight excluding hydrogens is 483 g/mol. The van der Waals surface area contributed by atoms with Crippen LogP contribution in [0.4, 0.5) is 19.4 Å². The average Bonchev–Trinajstić information content (AvgIpc) is 2.68. The Bertz CT molecular complexity index is 1050. The summed E-state index contributed by atoms with van der Waals surface area (Å²) in [5, 5.41) is 8.20. The average molecular weight is 508 g/mol. The summed E-state index contributed by atoms with van der Waals surface area (Å²) in [4.78, 5) is 25.9. The first-order valence-electron chi connectivity index (χ1n) is 9.99. The molecule has 1 N–H and O–H groups in total. The lowest BCUT2D eigenvalue weighted by atomic mass is 10.1. The van der Waals surface area contributed by atoms with E-state index in [0.717, 1.165) is 0 Å². The topological polar surface area (TPSA) is 91.7 Å². The lowest BCUT2D eigenvalue weighted by Crippen LogP contribution is -2.58. The van der Waals surface area contributed by atoms with Crippen molar-refractivity contribution in [3.05, 3.63) is 22.2 Å². The molecule has 1 amide bonds. The van der Waals surface area contributed by atoms with Gasteiger partial charge in [-0.2, -0.15) is 9.37 Å². The van der Waals surface area contributed by atoms with Crippen molar-refractivity contribution in [2.45, 2.75) is 44.9 Å². The summed E-state index contributed by atoms with van der Waals surface area (Å²) in [6, 6.07) is -0.513. The fourth-order valence-corrected chi connectivity index (χ4v) is 4.61. The van der Waals surface area contributed by atoms with Gasteiger partial charge in [0.25, 0.3) is 0 Å². The number of anilines is 1. The molecule has 3 rings (SSSR count). The van der Waals surface area contributed by atoms with E-state index in [1.54, 1.807) is 4.90 Å². The van der Waals surface area contributed by atoms with Crippen LogP contribution in [0.1, 0.15) is 20.8 Å². The number of hydrogen-bond acceptors (Lipinski definition) is 6. The molecule has 3 heterocycles. The quantitative estimate of drug-likeness (QED) is 0.360. The normalized spacial score (nSPS) is 17.8. The number of fused-ring (bicyclic) bond motifs is 1. The first kappa shape index (κ1) is 24.8. The van der Waals surface area contributed by atoms with Crippen molar-refractivity contribution in [2.24, 2.45) is 0 Å². The highest BCUT2D eigenvalue weighted by Gasteiger charge is 2.40. The van der Waals surface area contributed by atoms with E-state index in [-0.39, 0.29) is 53.3 Å². The molecule has 1 aliphatic heterocycles. The van der Waals surface area contributed by atoms with E-state index in [0.29, 0.717) is 0 Å². The van der Waals surface area contributed by atoms with Crippen LogP contribution in [0.5, 0.6) is 0 Å². The molecule has 0 radical (unpaired) electrons. The molecule has 1 aliphatic rings. The second kappa shape index (κ2) is 8.84. The number of rotatable bonds is 4. The Hall–Kier alpha value is -1.82. The van der Waals surface area contributed by atoms with Crippen LogP contribution in [0.3, 0.4) is 0 Å².